The summed E-state index contributed by atoms with van der Waals surface area (Å²) >= 11 is 0. The number of nitrogens with zero attached hydrogens (tertiary/aromatic N) is 2. The van der Waals surface area contributed by atoms with Crippen LogP contribution in [0.5, 0.6) is 17.2 Å². The zero-order chi connectivity index (χ0) is 22.5. The Morgan fingerprint density at radius 1 is 0.935 bits per heavy atom. The van der Waals surface area contributed by atoms with Gasteiger partial charge in [-0.1, -0.05) is 12.1 Å². The third-order valence-corrected chi connectivity index (χ3v) is 5.13. The number of likely N-dealkylation sites (N-methyl/N-ethyl adjacent to an activating group) is 1. The molecule has 0 saturated carbocycles. The second-order valence-corrected chi connectivity index (χ2v) is 6.98. The molecule has 1 amide bonds. The van der Waals surface area contributed by atoms with Crippen molar-refractivity contribution in [3.05, 3.63) is 69.8 Å². The molecule has 0 unspecified atom stereocenters. The minimum Gasteiger partial charge on any atom is -0.493 e. The SMILES string of the molecule is COc1ccc(CCN(C)C(=O)c2ccc3c([N+](=O)[O-])c(OC)ccc3c2)cc1OC. The molecule has 0 aromatic heterocycles. The van der Waals surface area contributed by atoms with Gasteiger partial charge in [0.1, 0.15) is 0 Å². The van der Waals surface area contributed by atoms with Gasteiger partial charge in [0.05, 0.1) is 31.6 Å². The third kappa shape index (κ3) is 4.53. The molecular formula is C23H24N2O6. The highest BCUT2D eigenvalue weighted by atomic mass is 16.6. The first kappa shape index (κ1) is 21.9. The standard InChI is InChI=1S/C23H24N2O6/c1-24(12-11-15-5-9-19(29-2)21(13-15)31-4)23(26)17-6-8-18-16(14-17)7-10-20(30-3)22(18)25(27)28/h5-10,13-14H,11-12H2,1-4H3. The van der Waals surface area contributed by atoms with E-state index >= 15 is 0 Å². The molecule has 0 fully saturated rings. The van der Waals surface area contributed by atoms with Crippen LogP contribution in [0, 0.1) is 10.1 Å². The van der Waals surface area contributed by atoms with Crippen LogP contribution in [-0.2, 0) is 6.42 Å². The maximum Gasteiger partial charge on any atom is 0.318 e. The van der Waals surface area contributed by atoms with E-state index in [0.29, 0.717) is 40.8 Å². The van der Waals surface area contributed by atoms with Crippen molar-refractivity contribution in [3.63, 3.8) is 0 Å². The van der Waals surface area contributed by atoms with Gasteiger partial charge in [0.2, 0.25) is 0 Å². The predicted molar refractivity (Wildman–Crippen MR) is 117 cm³/mol. The fourth-order valence-electron chi connectivity index (χ4n) is 3.43. The lowest BCUT2D eigenvalue weighted by Gasteiger charge is -2.18. The molecule has 0 aliphatic carbocycles. The van der Waals surface area contributed by atoms with Crippen LogP contribution in [-0.4, -0.2) is 50.7 Å². The lowest BCUT2D eigenvalue weighted by molar-refractivity contribution is -0.383. The van der Waals surface area contributed by atoms with E-state index in [-0.39, 0.29) is 17.3 Å². The highest BCUT2D eigenvalue weighted by Gasteiger charge is 2.21. The summed E-state index contributed by atoms with van der Waals surface area (Å²) in [5.41, 5.74) is 1.36. The Labute approximate surface area is 180 Å². The van der Waals surface area contributed by atoms with Crippen LogP contribution in [0.1, 0.15) is 15.9 Å². The average molecular weight is 424 g/mol. The van der Waals surface area contributed by atoms with E-state index in [1.807, 2.05) is 18.2 Å². The van der Waals surface area contributed by atoms with E-state index < -0.39 is 4.92 Å². The number of nitro benzene ring substituents is 1. The first-order valence-electron chi connectivity index (χ1n) is 9.61. The van der Waals surface area contributed by atoms with Crippen LogP contribution in [0.15, 0.2) is 48.5 Å². The Kier molecular flexibility index (Phi) is 6.59. The quantitative estimate of drug-likeness (QED) is 0.400. The van der Waals surface area contributed by atoms with Gasteiger partial charge in [-0.2, -0.15) is 0 Å². The molecule has 0 spiro atoms. The summed E-state index contributed by atoms with van der Waals surface area (Å²) in [5.74, 6) is 1.31. The molecule has 0 aliphatic heterocycles. The van der Waals surface area contributed by atoms with Crippen LogP contribution in [0.4, 0.5) is 5.69 Å². The molecule has 0 bridgehead atoms. The van der Waals surface area contributed by atoms with Crippen molar-refractivity contribution >= 4 is 22.4 Å². The molecule has 0 N–H and O–H groups in total. The Morgan fingerprint density at radius 3 is 2.26 bits per heavy atom. The predicted octanol–water partition coefficient (Wildman–Crippen LogP) is 4.09. The number of carbonyl (C=O) groups is 1. The van der Waals surface area contributed by atoms with Crippen molar-refractivity contribution < 1.29 is 23.9 Å². The zero-order valence-electron chi connectivity index (χ0n) is 17.9. The monoisotopic (exact) mass is 424 g/mol. The summed E-state index contributed by atoms with van der Waals surface area (Å²) in [7, 11) is 6.28. The van der Waals surface area contributed by atoms with E-state index in [2.05, 4.69) is 0 Å². The largest absolute Gasteiger partial charge is 0.493 e. The Morgan fingerprint density at radius 2 is 1.61 bits per heavy atom. The average Bonchev–Trinajstić information content (AvgIpc) is 2.80. The molecule has 3 aromatic rings. The van der Waals surface area contributed by atoms with Crippen LogP contribution >= 0.6 is 0 Å². The molecule has 0 aliphatic rings. The minimum atomic E-state index is -0.474. The number of hydrogen-bond donors (Lipinski definition) is 0. The van der Waals surface area contributed by atoms with E-state index in [4.69, 9.17) is 14.2 Å². The number of rotatable bonds is 8. The number of methoxy groups -OCH3 is 3. The van der Waals surface area contributed by atoms with Crippen molar-refractivity contribution in [2.75, 3.05) is 34.9 Å². The molecule has 0 heterocycles. The molecule has 162 valence electrons. The number of carbonyl (C=O) groups excluding carboxylic acids is 1. The molecule has 0 atom stereocenters. The number of nitro groups is 1. The number of amides is 1. The smallest absolute Gasteiger partial charge is 0.318 e. The number of fused-ring (bicyclic) bond motifs is 1. The topological polar surface area (TPSA) is 91.1 Å². The van der Waals surface area contributed by atoms with E-state index in [9.17, 15) is 14.9 Å². The van der Waals surface area contributed by atoms with Gasteiger partial charge in [-0.05, 0) is 53.8 Å². The van der Waals surface area contributed by atoms with Gasteiger partial charge in [0.25, 0.3) is 5.91 Å². The van der Waals surface area contributed by atoms with Crippen molar-refractivity contribution in [2.45, 2.75) is 6.42 Å². The fraction of sp³-hybridized carbons (Fsp3) is 0.261. The summed E-state index contributed by atoms with van der Waals surface area (Å²) < 4.78 is 15.7. The van der Waals surface area contributed by atoms with Gasteiger partial charge in [0, 0.05) is 19.2 Å². The minimum absolute atomic E-state index is 0.110. The first-order valence-corrected chi connectivity index (χ1v) is 9.61. The number of hydrogen-bond acceptors (Lipinski definition) is 6. The van der Waals surface area contributed by atoms with Crippen LogP contribution in [0.3, 0.4) is 0 Å². The molecule has 0 saturated heterocycles. The fourth-order valence-corrected chi connectivity index (χ4v) is 3.43. The van der Waals surface area contributed by atoms with Gasteiger partial charge in [0.15, 0.2) is 17.2 Å². The molecule has 8 nitrogen and oxygen atoms in total. The maximum absolute atomic E-state index is 12.9. The highest BCUT2D eigenvalue weighted by molar-refractivity contribution is 6.01. The van der Waals surface area contributed by atoms with E-state index in [1.165, 1.54) is 13.2 Å². The Balaban J connectivity index is 1.78. The summed E-state index contributed by atoms with van der Waals surface area (Å²) in [6, 6.07) is 13.8. The van der Waals surface area contributed by atoms with Gasteiger partial charge < -0.3 is 19.1 Å². The lowest BCUT2D eigenvalue weighted by atomic mass is 10.0. The summed E-state index contributed by atoms with van der Waals surface area (Å²) in [6.07, 6.45) is 0.638. The number of benzene rings is 3. The van der Waals surface area contributed by atoms with Crippen LogP contribution in [0.2, 0.25) is 0 Å². The van der Waals surface area contributed by atoms with Crippen LogP contribution < -0.4 is 14.2 Å². The molecule has 31 heavy (non-hydrogen) atoms. The molecular weight excluding hydrogens is 400 g/mol. The zero-order valence-corrected chi connectivity index (χ0v) is 17.9. The second kappa shape index (κ2) is 9.34. The Bertz CT molecular complexity index is 1130. The normalized spacial score (nSPS) is 10.6. The van der Waals surface area contributed by atoms with Gasteiger partial charge in [-0.15, -0.1) is 0 Å². The summed E-state index contributed by atoms with van der Waals surface area (Å²) in [6.45, 7) is 0.495. The van der Waals surface area contributed by atoms with Crippen molar-refractivity contribution in [1.29, 1.82) is 0 Å². The third-order valence-electron chi connectivity index (χ3n) is 5.13. The second-order valence-electron chi connectivity index (χ2n) is 6.98. The van der Waals surface area contributed by atoms with Gasteiger partial charge in [-0.25, -0.2) is 0 Å². The molecule has 3 aromatic carbocycles. The van der Waals surface area contributed by atoms with Crippen molar-refractivity contribution in [1.82, 2.24) is 4.90 Å². The summed E-state index contributed by atoms with van der Waals surface area (Å²) in [4.78, 5) is 25.5. The summed E-state index contributed by atoms with van der Waals surface area (Å²) in [5, 5.41) is 12.5. The first-order chi connectivity index (χ1) is 14.9. The van der Waals surface area contributed by atoms with Crippen molar-refractivity contribution in [3.8, 4) is 17.2 Å². The van der Waals surface area contributed by atoms with Crippen molar-refractivity contribution in [2.24, 2.45) is 0 Å². The Hall–Kier alpha value is -3.81. The van der Waals surface area contributed by atoms with E-state index in [1.54, 1.807) is 50.4 Å². The lowest BCUT2D eigenvalue weighted by Crippen LogP contribution is -2.28. The van der Waals surface area contributed by atoms with Crippen LogP contribution in [0.25, 0.3) is 10.8 Å². The maximum atomic E-state index is 12.9. The number of ether oxygens (including phenoxy) is 3. The van der Waals surface area contributed by atoms with E-state index in [0.717, 1.165) is 5.56 Å². The van der Waals surface area contributed by atoms with Gasteiger partial charge >= 0.3 is 5.69 Å². The highest BCUT2D eigenvalue weighted by Crippen LogP contribution is 2.35. The molecule has 8 heteroatoms. The molecule has 3 rings (SSSR count). The molecule has 0 radical (unpaired) electrons. The van der Waals surface area contributed by atoms with Gasteiger partial charge in [-0.3, -0.25) is 14.9 Å².